The lowest BCUT2D eigenvalue weighted by Crippen LogP contribution is -1.86. The molecule has 0 aromatic heterocycles. The third kappa shape index (κ3) is 4.75. The molecular weight excluding hydrogens is 216 g/mol. The zero-order chi connectivity index (χ0) is 12.5. The summed E-state index contributed by atoms with van der Waals surface area (Å²) in [6.45, 7) is 0. The van der Waals surface area contributed by atoms with E-state index in [1.165, 1.54) is 43.2 Å². The maximum Gasteiger partial charge on any atom is -0.00931 e. The number of aryl methyl sites for hydroxylation is 1. The maximum absolute atomic E-state index is 2.34. The molecule has 2 aromatic rings. The second-order valence-electron chi connectivity index (χ2n) is 4.70. The summed E-state index contributed by atoms with van der Waals surface area (Å²) < 4.78 is 0. The van der Waals surface area contributed by atoms with Gasteiger partial charge >= 0.3 is 0 Å². The molecule has 0 spiro atoms. The minimum atomic E-state index is 1.19. The van der Waals surface area contributed by atoms with Gasteiger partial charge in [-0.05, 0) is 36.8 Å². The molecule has 0 heterocycles. The third-order valence-corrected chi connectivity index (χ3v) is 3.19. The average Bonchev–Trinajstić information content (AvgIpc) is 2.45. The van der Waals surface area contributed by atoms with Crippen LogP contribution in [0.3, 0.4) is 0 Å². The molecule has 0 saturated carbocycles. The van der Waals surface area contributed by atoms with Gasteiger partial charge in [-0.3, -0.25) is 0 Å². The fourth-order valence-corrected chi connectivity index (χ4v) is 2.15. The number of hydrogen-bond acceptors (Lipinski definition) is 0. The summed E-state index contributed by atoms with van der Waals surface area (Å²) in [5, 5.41) is 0. The first-order valence-electron chi connectivity index (χ1n) is 6.87. The van der Waals surface area contributed by atoms with Crippen molar-refractivity contribution in [1.29, 1.82) is 0 Å². The maximum atomic E-state index is 2.34. The van der Waals surface area contributed by atoms with Crippen molar-refractivity contribution in [2.45, 2.75) is 32.1 Å². The molecule has 0 amide bonds. The van der Waals surface area contributed by atoms with Gasteiger partial charge < -0.3 is 0 Å². The molecule has 0 aliphatic heterocycles. The predicted octanol–water partition coefficient (Wildman–Crippen LogP) is 5.04. The summed E-state index contributed by atoms with van der Waals surface area (Å²) in [5.41, 5.74) is 2.81. The first-order chi connectivity index (χ1) is 8.95. The van der Waals surface area contributed by atoms with E-state index in [1.807, 2.05) is 0 Å². The summed E-state index contributed by atoms with van der Waals surface area (Å²) in [4.78, 5) is 0. The highest BCUT2D eigenvalue weighted by atomic mass is 14.0. The van der Waals surface area contributed by atoms with Crippen LogP contribution < -0.4 is 0 Å². The molecule has 0 aliphatic carbocycles. The minimum Gasteiger partial charge on any atom is -0.0622 e. The molecule has 0 nitrogen and oxygen atoms in total. The van der Waals surface area contributed by atoms with Crippen molar-refractivity contribution in [2.75, 3.05) is 0 Å². The Morgan fingerprint density at radius 1 is 0.667 bits per heavy atom. The van der Waals surface area contributed by atoms with Gasteiger partial charge in [0, 0.05) is 0 Å². The Bertz CT molecular complexity index is 373. The van der Waals surface area contributed by atoms with Gasteiger partial charge in [-0.15, -0.1) is 0 Å². The summed E-state index contributed by atoms with van der Waals surface area (Å²) in [6, 6.07) is 21.4. The summed E-state index contributed by atoms with van der Waals surface area (Å²) in [6.07, 6.45) is 8.65. The Hall–Kier alpha value is -1.56. The largest absolute Gasteiger partial charge is 0.0622 e. The molecule has 0 N–H and O–H groups in total. The van der Waals surface area contributed by atoms with Gasteiger partial charge in [-0.2, -0.15) is 0 Å². The van der Waals surface area contributed by atoms with E-state index in [0.29, 0.717) is 0 Å². The zero-order valence-corrected chi connectivity index (χ0v) is 10.9. The van der Waals surface area contributed by atoms with Gasteiger partial charge in [-0.25, -0.2) is 0 Å². The van der Waals surface area contributed by atoms with Crippen LogP contribution in [-0.4, -0.2) is 0 Å². The number of hydrogen-bond donors (Lipinski definition) is 0. The van der Waals surface area contributed by atoms with Crippen LogP contribution in [0.1, 0.15) is 36.8 Å². The minimum absolute atomic E-state index is 1.19. The molecule has 0 bridgehead atoms. The van der Waals surface area contributed by atoms with Crippen molar-refractivity contribution in [3.05, 3.63) is 78.2 Å². The molecule has 1 radical (unpaired) electrons. The van der Waals surface area contributed by atoms with Gasteiger partial charge in [0.2, 0.25) is 0 Å². The summed E-state index contributed by atoms with van der Waals surface area (Å²) in [7, 11) is 0. The zero-order valence-electron chi connectivity index (χ0n) is 10.9. The molecule has 93 valence electrons. The lowest BCUT2D eigenvalue weighted by Gasteiger charge is -2.02. The first-order valence-corrected chi connectivity index (χ1v) is 6.87. The topological polar surface area (TPSA) is 0 Å². The van der Waals surface area contributed by atoms with E-state index >= 15 is 0 Å². The van der Waals surface area contributed by atoms with Crippen molar-refractivity contribution in [2.24, 2.45) is 0 Å². The fourth-order valence-electron chi connectivity index (χ4n) is 2.15. The lowest BCUT2D eigenvalue weighted by atomic mass is 10.0. The van der Waals surface area contributed by atoms with Crippen LogP contribution in [0, 0.1) is 6.42 Å². The molecular formula is C18H21. The Labute approximate surface area is 111 Å². The van der Waals surface area contributed by atoms with Gasteiger partial charge in [0.25, 0.3) is 0 Å². The molecule has 2 rings (SSSR count). The monoisotopic (exact) mass is 237 g/mol. The van der Waals surface area contributed by atoms with E-state index in [-0.39, 0.29) is 0 Å². The van der Waals surface area contributed by atoms with E-state index < -0.39 is 0 Å². The Morgan fingerprint density at radius 3 is 2.06 bits per heavy atom. The molecule has 0 saturated heterocycles. The Balaban J connectivity index is 1.54. The summed E-state index contributed by atoms with van der Waals surface area (Å²) in [5.74, 6) is 0. The van der Waals surface area contributed by atoms with Crippen LogP contribution in [0.5, 0.6) is 0 Å². The van der Waals surface area contributed by atoms with E-state index in [1.54, 1.807) is 0 Å². The molecule has 0 aliphatic rings. The van der Waals surface area contributed by atoms with Crippen molar-refractivity contribution in [3.63, 3.8) is 0 Å². The quantitative estimate of drug-likeness (QED) is 0.592. The van der Waals surface area contributed by atoms with E-state index in [4.69, 9.17) is 0 Å². The molecule has 0 heteroatoms. The standard InChI is InChI=1S/C18H21/c1(5-11-17-13-7-3-8-14-17)2-6-12-18-15-9-4-10-16-18/h3-4,7-11,13-16H,1-2,5-6,12H2. The van der Waals surface area contributed by atoms with Crippen LogP contribution in [-0.2, 0) is 6.42 Å². The highest BCUT2D eigenvalue weighted by Crippen LogP contribution is 2.11. The smallest absolute Gasteiger partial charge is 0.00931 e. The van der Waals surface area contributed by atoms with Crippen LogP contribution in [0.2, 0.25) is 0 Å². The van der Waals surface area contributed by atoms with E-state index in [0.717, 1.165) is 0 Å². The van der Waals surface area contributed by atoms with E-state index in [2.05, 4.69) is 67.1 Å². The van der Waals surface area contributed by atoms with Crippen LogP contribution >= 0.6 is 0 Å². The molecule has 0 fully saturated rings. The number of benzene rings is 2. The first kappa shape index (κ1) is 12.9. The van der Waals surface area contributed by atoms with Gasteiger partial charge in [-0.1, -0.05) is 73.5 Å². The van der Waals surface area contributed by atoms with Gasteiger partial charge in [0.05, 0.1) is 0 Å². The highest BCUT2D eigenvalue weighted by Gasteiger charge is 1.95. The second-order valence-corrected chi connectivity index (χ2v) is 4.70. The lowest BCUT2D eigenvalue weighted by molar-refractivity contribution is 0.677. The number of unbranched alkanes of at least 4 members (excludes halogenated alkanes) is 3. The van der Waals surface area contributed by atoms with Crippen molar-refractivity contribution in [1.82, 2.24) is 0 Å². The highest BCUT2D eigenvalue weighted by molar-refractivity contribution is 5.22. The average molecular weight is 237 g/mol. The Kier molecular flexibility index (Phi) is 5.52. The van der Waals surface area contributed by atoms with Crippen molar-refractivity contribution >= 4 is 0 Å². The summed E-state index contributed by atoms with van der Waals surface area (Å²) >= 11 is 0. The predicted molar refractivity (Wildman–Crippen MR) is 78.5 cm³/mol. The van der Waals surface area contributed by atoms with Crippen molar-refractivity contribution < 1.29 is 0 Å². The fraction of sp³-hybridized carbons (Fsp3) is 0.278. The molecule has 18 heavy (non-hydrogen) atoms. The van der Waals surface area contributed by atoms with Crippen LogP contribution in [0.4, 0.5) is 0 Å². The molecule has 2 aromatic carbocycles. The van der Waals surface area contributed by atoms with Gasteiger partial charge in [0.1, 0.15) is 0 Å². The van der Waals surface area contributed by atoms with Crippen LogP contribution in [0.25, 0.3) is 0 Å². The Morgan fingerprint density at radius 2 is 1.33 bits per heavy atom. The number of rotatable bonds is 7. The second kappa shape index (κ2) is 7.71. The van der Waals surface area contributed by atoms with E-state index in [9.17, 15) is 0 Å². The third-order valence-electron chi connectivity index (χ3n) is 3.19. The normalized spacial score (nSPS) is 10.4. The van der Waals surface area contributed by atoms with Crippen LogP contribution in [0.15, 0.2) is 60.7 Å². The molecule has 0 unspecified atom stereocenters. The van der Waals surface area contributed by atoms with Crippen molar-refractivity contribution in [3.8, 4) is 0 Å². The molecule has 0 atom stereocenters. The SMILES string of the molecule is [CH](CCCCCc1ccccc1)c1ccccc1. The van der Waals surface area contributed by atoms with Gasteiger partial charge in [0.15, 0.2) is 0 Å².